The lowest BCUT2D eigenvalue weighted by molar-refractivity contribution is -0.137. The molecule has 40 heavy (non-hydrogen) atoms. The second-order valence-electron chi connectivity index (χ2n) is 9.37. The molecule has 2 aromatic carbocycles. The van der Waals surface area contributed by atoms with Gasteiger partial charge in [0, 0.05) is 31.4 Å². The zero-order valence-electron chi connectivity index (χ0n) is 22.7. The molecule has 0 spiro atoms. The second kappa shape index (κ2) is 11.7. The SMILES string of the molecule is COc1ccc(C(F)(F)F)cc1NC(=O)c1ccc(C)c(Nc2ncnc3cnc(N(C)CCN(C)C)nc23)c1. The first-order valence-electron chi connectivity index (χ1n) is 12.2. The van der Waals surface area contributed by atoms with Gasteiger partial charge in [0.1, 0.15) is 23.1 Å². The van der Waals surface area contributed by atoms with Gasteiger partial charge in [0.05, 0.1) is 24.6 Å². The molecule has 0 unspecified atom stereocenters. The lowest BCUT2D eigenvalue weighted by atomic mass is 10.1. The Morgan fingerprint density at radius 3 is 2.48 bits per heavy atom. The number of aromatic nitrogens is 4. The van der Waals surface area contributed by atoms with E-state index in [1.54, 1.807) is 24.4 Å². The number of rotatable bonds is 9. The predicted octanol–water partition coefficient (Wildman–Crippen LogP) is 4.75. The van der Waals surface area contributed by atoms with Gasteiger partial charge in [0.2, 0.25) is 5.95 Å². The molecule has 0 aliphatic heterocycles. The van der Waals surface area contributed by atoms with Crippen LogP contribution in [0.25, 0.3) is 11.0 Å². The molecule has 0 aliphatic carbocycles. The van der Waals surface area contributed by atoms with Crippen LogP contribution in [0.4, 0.5) is 36.3 Å². The molecular formula is C27H29F3N8O2. The smallest absolute Gasteiger partial charge is 0.416 e. The number of hydrogen-bond acceptors (Lipinski definition) is 9. The molecule has 10 nitrogen and oxygen atoms in total. The Balaban J connectivity index is 1.62. The summed E-state index contributed by atoms with van der Waals surface area (Å²) in [5.74, 6) is 0.410. The minimum atomic E-state index is -4.57. The lowest BCUT2D eigenvalue weighted by Crippen LogP contribution is -2.29. The van der Waals surface area contributed by atoms with Gasteiger partial charge in [-0.25, -0.2) is 19.9 Å². The Bertz CT molecular complexity index is 1530. The molecule has 13 heteroatoms. The van der Waals surface area contributed by atoms with Crippen LogP contribution in [0.1, 0.15) is 21.5 Å². The van der Waals surface area contributed by atoms with Gasteiger partial charge in [-0.3, -0.25) is 4.79 Å². The average molecular weight is 555 g/mol. The number of hydrogen-bond donors (Lipinski definition) is 2. The van der Waals surface area contributed by atoms with Crippen molar-refractivity contribution in [2.24, 2.45) is 0 Å². The highest BCUT2D eigenvalue weighted by Crippen LogP contribution is 2.35. The number of nitrogens with zero attached hydrogens (tertiary/aromatic N) is 6. The van der Waals surface area contributed by atoms with E-state index in [0.717, 1.165) is 30.3 Å². The molecule has 2 heterocycles. The summed E-state index contributed by atoms with van der Waals surface area (Å²) in [6.07, 6.45) is -1.57. The van der Waals surface area contributed by atoms with E-state index in [9.17, 15) is 18.0 Å². The van der Waals surface area contributed by atoms with Crippen LogP contribution in [0.3, 0.4) is 0 Å². The van der Waals surface area contributed by atoms with Gasteiger partial charge in [-0.2, -0.15) is 13.2 Å². The van der Waals surface area contributed by atoms with Crippen molar-refractivity contribution in [1.29, 1.82) is 0 Å². The van der Waals surface area contributed by atoms with Crippen molar-refractivity contribution in [3.8, 4) is 5.75 Å². The number of carbonyl (C=O) groups excluding carboxylic acids is 1. The molecule has 1 amide bonds. The minimum Gasteiger partial charge on any atom is -0.495 e. The van der Waals surface area contributed by atoms with Crippen LogP contribution in [0.5, 0.6) is 5.75 Å². The fraction of sp³-hybridized carbons (Fsp3) is 0.296. The molecule has 0 saturated carbocycles. The summed E-state index contributed by atoms with van der Waals surface area (Å²) in [5, 5.41) is 5.74. The van der Waals surface area contributed by atoms with Gasteiger partial charge in [-0.15, -0.1) is 0 Å². The number of nitrogens with one attached hydrogen (secondary N) is 2. The van der Waals surface area contributed by atoms with Crippen LogP contribution in [0, 0.1) is 6.92 Å². The van der Waals surface area contributed by atoms with Crippen molar-refractivity contribution in [3.63, 3.8) is 0 Å². The number of methoxy groups -OCH3 is 1. The third-order valence-electron chi connectivity index (χ3n) is 6.12. The van der Waals surface area contributed by atoms with E-state index in [-0.39, 0.29) is 17.0 Å². The molecule has 0 aliphatic rings. The van der Waals surface area contributed by atoms with Gasteiger partial charge in [0.15, 0.2) is 5.82 Å². The highest BCUT2D eigenvalue weighted by Gasteiger charge is 2.31. The summed E-state index contributed by atoms with van der Waals surface area (Å²) in [4.78, 5) is 34.7. The largest absolute Gasteiger partial charge is 0.495 e. The quantitative estimate of drug-likeness (QED) is 0.303. The Labute approximate surface area is 229 Å². The summed E-state index contributed by atoms with van der Waals surface area (Å²) < 4.78 is 44.8. The maximum Gasteiger partial charge on any atom is 0.416 e. The van der Waals surface area contributed by atoms with Crippen LogP contribution < -0.4 is 20.3 Å². The fourth-order valence-electron chi connectivity index (χ4n) is 3.77. The molecule has 0 bridgehead atoms. The van der Waals surface area contributed by atoms with Crippen molar-refractivity contribution < 1.29 is 22.7 Å². The first-order valence-corrected chi connectivity index (χ1v) is 12.2. The Hall–Kier alpha value is -4.52. The highest BCUT2D eigenvalue weighted by molar-refractivity contribution is 6.06. The summed E-state index contributed by atoms with van der Waals surface area (Å²) in [6.45, 7) is 3.37. The number of amides is 1. The molecule has 4 aromatic rings. The fourth-order valence-corrected chi connectivity index (χ4v) is 3.77. The van der Waals surface area contributed by atoms with E-state index in [4.69, 9.17) is 4.74 Å². The molecule has 0 saturated heterocycles. The monoisotopic (exact) mass is 554 g/mol. The van der Waals surface area contributed by atoms with E-state index < -0.39 is 17.6 Å². The number of carbonyl (C=O) groups is 1. The van der Waals surface area contributed by atoms with Gasteiger partial charge < -0.3 is 25.2 Å². The van der Waals surface area contributed by atoms with Crippen molar-refractivity contribution >= 4 is 40.1 Å². The first-order chi connectivity index (χ1) is 19.0. The van der Waals surface area contributed by atoms with Crippen LogP contribution in [-0.2, 0) is 6.18 Å². The van der Waals surface area contributed by atoms with Crippen LogP contribution in [-0.4, -0.2) is 72.1 Å². The van der Waals surface area contributed by atoms with Crippen LogP contribution in [0.15, 0.2) is 48.9 Å². The number of benzene rings is 2. The van der Waals surface area contributed by atoms with E-state index >= 15 is 0 Å². The Kier molecular flexibility index (Phi) is 8.33. The zero-order chi connectivity index (χ0) is 29.0. The van der Waals surface area contributed by atoms with E-state index in [2.05, 4.69) is 35.5 Å². The third-order valence-corrected chi connectivity index (χ3v) is 6.12. The van der Waals surface area contributed by atoms with E-state index in [0.29, 0.717) is 35.0 Å². The molecule has 2 aromatic heterocycles. The number of fused-ring (bicyclic) bond motifs is 1. The number of alkyl halides is 3. The molecule has 0 radical (unpaired) electrons. The topological polar surface area (TPSA) is 108 Å². The Morgan fingerprint density at radius 2 is 1.77 bits per heavy atom. The van der Waals surface area contributed by atoms with Crippen LogP contribution >= 0.6 is 0 Å². The standard InChI is InChI=1S/C27H29F3N8O2/c1-16-6-7-17(25(39)35-20-13-18(27(28,29)30)8-9-22(20)40-5)12-19(16)34-24-23-21(32-15-33-24)14-31-26(36-23)38(4)11-10-37(2)3/h6-9,12-15H,10-11H2,1-5H3,(H,35,39)(H,32,33,34). The molecule has 2 N–H and O–H groups in total. The number of ether oxygens (including phenoxy) is 1. The molecule has 4 rings (SSSR count). The first kappa shape index (κ1) is 28.5. The summed E-state index contributed by atoms with van der Waals surface area (Å²) in [5.41, 5.74) is 1.60. The molecule has 0 fully saturated rings. The van der Waals surface area contributed by atoms with Gasteiger partial charge in [0.25, 0.3) is 5.91 Å². The Morgan fingerprint density at radius 1 is 1.00 bits per heavy atom. The number of anilines is 4. The van der Waals surface area contributed by atoms with Crippen LogP contribution in [0.2, 0.25) is 0 Å². The summed E-state index contributed by atoms with van der Waals surface area (Å²) in [7, 11) is 7.18. The van der Waals surface area contributed by atoms with Crippen molar-refractivity contribution in [1.82, 2.24) is 24.8 Å². The minimum absolute atomic E-state index is 0.0955. The zero-order valence-corrected chi connectivity index (χ0v) is 22.7. The normalized spacial score (nSPS) is 11.5. The number of halogens is 3. The summed E-state index contributed by atoms with van der Waals surface area (Å²) >= 11 is 0. The average Bonchev–Trinajstić information content (AvgIpc) is 2.92. The second-order valence-corrected chi connectivity index (χ2v) is 9.37. The van der Waals surface area contributed by atoms with E-state index in [1.807, 2.05) is 33.0 Å². The molecule has 210 valence electrons. The maximum absolute atomic E-state index is 13.2. The summed E-state index contributed by atoms with van der Waals surface area (Å²) in [6, 6.07) is 7.78. The highest BCUT2D eigenvalue weighted by atomic mass is 19.4. The van der Waals surface area contributed by atoms with Crippen molar-refractivity contribution in [2.45, 2.75) is 13.1 Å². The van der Waals surface area contributed by atoms with E-state index in [1.165, 1.54) is 13.4 Å². The van der Waals surface area contributed by atoms with Crippen molar-refractivity contribution in [3.05, 3.63) is 65.6 Å². The van der Waals surface area contributed by atoms with Gasteiger partial charge in [-0.05, 0) is 56.9 Å². The van der Waals surface area contributed by atoms with Gasteiger partial charge in [-0.1, -0.05) is 6.07 Å². The maximum atomic E-state index is 13.2. The molecular weight excluding hydrogens is 525 g/mol. The lowest BCUT2D eigenvalue weighted by Gasteiger charge is -2.20. The number of aryl methyl sites for hydroxylation is 1. The number of likely N-dealkylation sites (N-methyl/N-ethyl adjacent to an activating group) is 2. The molecule has 0 atom stereocenters. The predicted molar refractivity (Wildman–Crippen MR) is 147 cm³/mol. The third kappa shape index (κ3) is 6.54. The van der Waals surface area contributed by atoms with Crippen molar-refractivity contribution in [2.75, 3.05) is 56.9 Å². The van der Waals surface area contributed by atoms with Gasteiger partial charge >= 0.3 is 6.18 Å².